The lowest BCUT2D eigenvalue weighted by molar-refractivity contribution is -0.120. The van der Waals surface area contributed by atoms with Crippen LogP contribution < -0.4 is 5.32 Å². The molecule has 1 heterocycles. The van der Waals surface area contributed by atoms with E-state index in [-0.39, 0.29) is 17.6 Å². The lowest BCUT2D eigenvalue weighted by Gasteiger charge is -2.07. The maximum Gasteiger partial charge on any atom is 0.227 e. The van der Waals surface area contributed by atoms with Gasteiger partial charge in [-0.3, -0.25) is 9.59 Å². The molecule has 0 spiro atoms. The van der Waals surface area contributed by atoms with Crippen molar-refractivity contribution in [3.8, 4) is 0 Å². The number of Topliss-reactive ketones (excluding diaryl/α,β-unsaturated/α-hetero) is 1. The Labute approximate surface area is 102 Å². The fraction of sp³-hybridized carbons (Fsp3) is 0.333. The molecule has 0 radical (unpaired) electrons. The molecule has 1 aromatic carbocycles. The number of rotatable bonds is 3. The summed E-state index contributed by atoms with van der Waals surface area (Å²) in [5.41, 5.74) is 1.67. The van der Waals surface area contributed by atoms with E-state index in [0.29, 0.717) is 10.9 Å². The first-order valence-electron chi connectivity index (χ1n) is 5.19. The summed E-state index contributed by atoms with van der Waals surface area (Å²) in [5.74, 6) is 0.0927. The average Bonchev–Trinajstić information content (AvgIpc) is 2.75. The summed E-state index contributed by atoms with van der Waals surface area (Å²) in [6.45, 7) is 0.742. The Morgan fingerprint density at radius 1 is 1.38 bits per heavy atom. The quantitative estimate of drug-likeness (QED) is 0.679. The van der Waals surface area contributed by atoms with Gasteiger partial charge in [-0.05, 0) is 12.0 Å². The van der Waals surface area contributed by atoms with E-state index in [1.807, 2.05) is 12.1 Å². The van der Waals surface area contributed by atoms with Gasteiger partial charge in [0.2, 0.25) is 5.91 Å². The molecule has 1 fully saturated rings. The number of hydrogen-bond acceptors (Lipinski definition) is 2. The predicted octanol–water partition coefficient (Wildman–Crippen LogP) is 1.87. The van der Waals surface area contributed by atoms with Gasteiger partial charge < -0.3 is 5.32 Å². The van der Waals surface area contributed by atoms with Crippen LogP contribution in [0.2, 0.25) is 0 Å². The number of carbonyl (C=O) groups excluding carboxylic acids is 2. The lowest BCUT2D eigenvalue weighted by atomic mass is 9.96. The van der Waals surface area contributed by atoms with Crippen molar-refractivity contribution in [1.82, 2.24) is 5.32 Å². The van der Waals surface area contributed by atoms with Crippen LogP contribution in [0.5, 0.6) is 0 Å². The normalized spacial score (nSPS) is 19.6. The zero-order chi connectivity index (χ0) is 11.5. The highest BCUT2D eigenvalue weighted by atomic mass is 79.9. The van der Waals surface area contributed by atoms with Crippen LogP contribution in [0.3, 0.4) is 0 Å². The Bertz CT molecular complexity index is 414. The van der Waals surface area contributed by atoms with E-state index < -0.39 is 0 Å². The maximum atomic E-state index is 11.5. The molecule has 84 valence electrons. The first-order chi connectivity index (χ1) is 7.72. The molecule has 16 heavy (non-hydrogen) atoms. The molecule has 0 saturated carbocycles. The summed E-state index contributed by atoms with van der Waals surface area (Å²) >= 11 is 3.13. The summed E-state index contributed by atoms with van der Waals surface area (Å²) in [4.78, 5) is 22.8. The standard InChI is InChI=1S/C12H12BrNO2/c13-7-11(15)9-3-1-8(2-4-9)10-5-6-14-12(10)16/h1-4,10H,5-7H2,(H,14,16). The highest BCUT2D eigenvalue weighted by molar-refractivity contribution is 9.09. The Balaban J connectivity index is 2.19. The van der Waals surface area contributed by atoms with Crippen molar-refractivity contribution < 1.29 is 9.59 Å². The number of benzene rings is 1. The molecule has 1 unspecified atom stereocenters. The zero-order valence-corrected chi connectivity index (χ0v) is 10.3. The third-order valence-corrected chi connectivity index (χ3v) is 3.31. The van der Waals surface area contributed by atoms with Gasteiger partial charge in [0, 0.05) is 12.1 Å². The van der Waals surface area contributed by atoms with E-state index in [0.717, 1.165) is 18.5 Å². The molecule has 1 atom stereocenters. The minimum Gasteiger partial charge on any atom is -0.356 e. The van der Waals surface area contributed by atoms with Crippen LogP contribution in [0.4, 0.5) is 0 Å². The lowest BCUT2D eigenvalue weighted by Crippen LogP contribution is -2.17. The fourth-order valence-electron chi connectivity index (χ4n) is 1.89. The summed E-state index contributed by atoms with van der Waals surface area (Å²) in [6.07, 6.45) is 0.838. The molecule has 1 N–H and O–H groups in total. The van der Waals surface area contributed by atoms with Crippen LogP contribution in [0.25, 0.3) is 0 Å². The Kier molecular flexibility index (Phi) is 3.39. The molecule has 1 aromatic rings. The summed E-state index contributed by atoms with van der Waals surface area (Å²) in [7, 11) is 0. The van der Waals surface area contributed by atoms with Gasteiger partial charge in [0.05, 0.1) is 11.2 Å². The number of halogens is 1. The van der Waals surface area contributed by atoms with Gasteiger partial charge in [-0.2, -0.15) is 0 Å². The van der Waals surface area contributed by atoms with Crippen molar-refractivity contribution in [1.29, 1.82) is 0 Å². The molecule has 0 aromatic heterocycles. The molecule has 1 amide bonds. The second kappa shape index (κ2) is 4.78. The third kappa shape index (κ3) is 2.16. The predicted molar refractivity (Wildman–Crippen MR) is 64.9 cm³/mol. The van der Waals surface area contributed by atoms with E-state index >= 15 is 0 Å². The fourth-order valence-corrected chi connectivity index (χ4v) is 2.21. The molecule has 3 nitrogen and oxygen atoms in total. The molecule has 1 aliphatic rings. The minimum absolute atomic E-state index is 0.0480. The molecule has 2 rings (SSSR count). The van der Waals surface area contributed by atoms with Crippen molar-refractivity contribution in [3.63, 3.8) is 0 Å². The number of ketones is 1. The van der Waals surface area contributed by atoms with E-state index in [1.54, 1.807) is 12.1 Å². The topological polar surface area (TPSA) is 46.2 Å². The van der Waals surface area contributed by atoms with Crippen molar-refractivity contribution in [3.05, 3.63) is 35.4 Å². The van der Waals surface area contributed by atoms with E-state index in [1.165, 1.54) is 0 Å². The molecule has 1 aliphatic heterocycles. The van der Waals surface area contributed by atoms with Crippen LogP contribution >= 0.6 is 15.9 Å². The number of alkyl halides is 1. The molecular weight excluding hydrogens is 270 g/mol. The average molecular weight is 282 g/mol. The van der Waals surface area contributed by atoms with Crippen molar-refractivity contribution in [2.45, 2.75) is 12.3 Å². The molecule has 0 aliphatic carbocycles. The maximum absolute atomic E-state index is 11.5. The Morgan fingerprint density at radius 3 is 2.56 bits per heavy atom. The number of nitrogens with one attached hydrogen (secondary N) is 1. The van der Waals surface area contributed by atoms with E-state index in [4.69, 9.17) is 0 Å². The van der Waals surface area contributed by atoms with E-state index in [2.05, 4.69) is 21.2 Å². The second-order valence-corrected chi connectivity index (χ2v) is 4.37. The second-order valence-electron chi connectivity index (χ2n) is 3.81. The van der Waals surface area contributed by atoms with Crippen LogP contribution in [0.15, 0.2) is 24.3 Å². The smallest absolute Gasteiger partial charge is 0.227 e. The van der Waals surface area contributed by atoms with Gasteiger partial charge in [-0.25, -0.2) is 0 Å². The van der Waals surface area contributed by atoms with Crippen molar-refractivity contribution in [2.75, 3.05) is 11.9 Å². The summed E-state index contributed by atoms with van der Waals surface area (Å²) in [5, 5.41) is 3.13. The summed E-state index contributed by atoms with van der Waals surface area (Å²) < 4.78 is 0. The van der Waals surface area contributed by atoms with Crippen molar-refractivity contribution >= 4 is 27.6 Å². The monoisotopic (exact) mass is 281 g/mol. The Hall–Kier alpha value is -1.16. The SMILES string of the molecule is O=C(CBr)c1ccc(C2CCNC2=O)cc1. The molecule has 0 bridgehead atoms. The van der Waals surface area contributed by atoms with Gasteiger partial charge in [0.1, 0.15) is 0 Å². The van der Waals surface area contributed by atoms with Crippen LogP contribution in [0, 0.1) is 0 Å². The molecular formula is C12H12BrNO2. The van der Waals surface area contributed by atoms with E-state index in [9.17, 15) is 9.59 Å². The minimum atomic E-state index is -0.0480. The number of hydrogen-bond donors (Lipinski definition) is 1. The van der Waals surface area contributed by atoms with Crippen LogP contribution in [-0.2, 0) is 4.79 Å². The van der Waals surface area contributed by atoms with Gasteiger partial charge in [-0.1, -0.05) is 40.2 Å². The first-order valence-corrected chi connectivity index (χ1v) is 6.31. The summed E-state index contributed by atoms with van der Waals surface area (Å²) in [6, 6.07) is 7.30. The van der Waals surface area contributed by atoms with Gasteiger partial charge >= 0.3 is 0 Å². The molecule has 1 saturated heterocycles. The Morgan fingerprint density at radius 2 is 2.06 bits per heavy atom. The highest BCUT2D eigenvalue weighted by Gasteiger charge is 2.25. The van der Waals surface area contributed by atoms with Gasteiger partial charge in [-0.15, -0.1) is 0 Å². The van der Waals surface area contributed by atoms with Crippen LogP contribution in [0.1, 0.15) is 28.3 Å². The van der Waals surface area contributed by atoms with Crippen molar-refractivity contribution in [2.24, 2.45) is 0 Å². The van der Waals surface area contributed by atoms with Gasteiger partial charge in [0.15, 0.2) is 5.78 Å². The number of carbonyl (C=O) groups is 2. The highest BCUT2D eigenvalue weighted by Crippen LogP contribution is 2.23. The number of amides is 1. The van der Waals surface area contributed by atoms with Gasteiger partial charge in [0.25, 0.3) is 0 Å². The molecule has 4 heteroatoms. The largest absolute Gasteiger partial charge is 0.356 e. The zero-order valence-electron chi connectivity index (χ0n) is 8.70. The van der Waals surface area contributed by atoms with Crippen LogP contribution in [-0.4, -0.2) is 23.6 Å². The third-order valence-electron chi connectivity index (χ3n) is 2.81. The first kappa shape index (κ1) is 11.3.